The summed E-state index contributed by atoms with van der Waals surface area (Å²) in [5.41, 5.74) is 0.649. The van der Waals surface area contributed by atoms with E-state index in [0.29, 0.717) is 15.6 Å². The van der Waals surface area contributed by atoms with Gasteiger partial charge >= 0.3 is 5.97 Å². The van der Waals surface area contributed by atoms with Gasteiger partial charge in [-0.3, -0.25) is 9.00 Å². The molecule has 0 aliphatic carbocycles. The van der Waals surface area contributed by atoms with Gasteiger partial charge in [-0.1, -0.05) is 36.2 Å². The monoisotopic (exact) mass is 308 g/mol. The molecule has 0 radical (unpaired) electrons. The van der Waals surface area contributed by atoms with Crippen LogP contribution in [0.3, 0.4) is 0 Å². The van der Waals surface area contributed by atoms with Gasteiger partial charge < -0.3 is 4.74 Å². The van der Waals surface area contributed by atoms with E-state index in [1.807, 2.05) is 0 Å². The molecule has 1 aromatic rings. The fraction of sp³-hybridized carbons (Fsp3) is 0.417. The van der Waals surface area contributed by atoms with E-state index in [9.17, 15) is 9.00 Å². The molecule has 2 atom stereocenters. The van der Waals surface area contributed by atoms with E-state index >= 15 is 0 Å². The summed E-state index contributed by atoms with van der Waals surface area (Å²) in [6.45, 7) is 1.73. The lowest BCUT2D eigenvalue weighted by atomic mass is 10.2. The SMILES string of the molecule is COC(=O)CC(C)S(=O)Cc1c(Cl)cccc1Cl. The van der Waals surface area contributed by atoms with Crippen molar-refractivity contribution >= 4 is 40.0 Å². The summed E-state index contributed by atoms with van der Waals surface area (Å²) in [4.78, 5) is 11.1. The molecule has 1 rings (SSSR count). The Balaban J connectivity index is 2.73. The van der Waals surface area contributed by atoms with Crippen molar-refractivity contribution in [3.8, 4) is 0 Å². The van der Waals surface area contributed by atoms with Crippen LogP contribution < -0.4 is 0 Å². The van der Waals surface area contributed by atoms with E-state index in [0.717, 1.165) is 0 Å². The summed E-state index contributed by atoms with van der Waals surface area (Å²) in [6.07, 6.45) is 0.116. The van der Waals surface area contributed by atoms with Crippen LogP contribution in [-0.4, -0.2) is 22.5 Å². The molecule has 0 bridgehead atoms. The quantitative estimate of drug-likeness (QED) is 0.785. The Labute approximate surface area is 119 Å². The highest BCUT2D eigenvalue weighted by Crippen LogP contribution is 2.26. The van der Waals surface area contributed by atoms with Gasteiger partial charge in [0, 0.05) is 31.7 Å². The van der Waals surface area contributed by atoms with Crippen molar-refractivity contribution in [2.45, 2.75) is 24.3 Å². The second kappa shape index (κ2) is 7.12. The average Bonchev–Trinajstić information content (AvgIpc) is 2.33. The average molecular weight is 309 g/mol. The Morgan fingerprint density at radius 3 is 2.44 bits per heavy atom. The molecule has 0 aliphatic heterocycles. The smallest absolute Gasteiger partial charge is 0.306 e. The molecule has 0 aromatic heterocycles. The van der Waals surface area contributed by atoms with E-state index in [-0.39, 0.29) is 23.4 Å². The largest absolute Gasteiger partial charge is 0.469 e. The number of carbonyl (C=O) groups excluding carboxylic acids is 1. The maximum Gasteiger partial charge on any atom is 0.306 e. The molecule has 6 heteroatoms. The first kappa shape index (κ1) is 15.5. The van der Waals surface area contributed by atoms with E-state index in [4.69, 9.17) is 23.2 Å². The van der Waals surface area contributed by atoms with Crippen molar-refractivity contribution in [2.24, 2.45) is 0 Å². The van der Waals surface area contributed by atoms with E-state index in [2.05, 4.69) is 4.74 Å². The standard InChI is InChI=1S/C12H14Cl2O3S/c1-8(6-12(15)17-2)18(16)7-9-10(13)4-3-5-11(9)14/h3-5,8H,6-7H2,1-2H3. The van der Waals surface area contributed by atoms with E-state index in [1.54, 1.807) is 25.1 Å². The third-order valence-corrected chi connectivity index (χ3v) is 4.82. The topological polar surface area (TPSA) is 43.4 Å². The van der Waals surface area contributed by atoms with Gasteiger partial charge in [0.05, 0.1) is 19.3 Å². The highest BCUT2D eigenvalue weighted by atomic mass is 35.5. The molecule has 0 saturated heterocycles. The first-order valence-corrected chi connectivity index (χ1v) is 7.46. The first-order valence-electron chi connectivity index (χ1n) is 5.32. The molecule has 100 valence electrons. The Bertz CT molecular complexity index is 442. The number of ether oxygens (including phenoxy) is 1. The normalized spacial score (nSPS) is 14.0. The molecular formula is C12H14Cl2O3S. The summed E-state index contributed by atoms with van der Waals surface area (Å²) in [5.74, 6) is -0.141. The Morgan fingerprint density at radius 2 is 1.94 bits per heavy atom. The van der Waals surface area contributed by atoms with Crippen molar-refractivity contribution in [3.63, 3.8) is 0 Å². The van der Waals surface area contributed by atoms with Crippen LogP contribution in [0.1, 0.15) is 18.9 Å². The zero-order valence-electron chi connectivity index (χ0n) is 10.1. The summed E-state index contributed by atoms with van der Waals surface area (Å²) >= 11 is 12.0. The third kappa shape index (κ3) is 4.26. The number of hydrogen-bond donors (Lipinski definition) is 0. The number of benzene rings is 1. The fourth-order valence-electron chi connectivity index (χ4n) is 1.37. The van der Waals surface area contributed by atoms with Crippen LogP contribution in [0.5, 0.6) is 0 Å². The van der Waals surface area contributed by atoms with Crippen LogP contribution in [-0.2, 0) is 26.1 Å². The molecule has 1 aromatic carbocycles. The lowest BCUT2D eigenvalue weighted by Crippen LogP contribution is -2.18. The van der Waals surface area contributed by atoms with Crippen molar-refractivity contribution in [3.05, 3.63) is 33.8 Å². The van der Waals surface area contributed by atoms with Crippen molar-refractivity contribution in [2.75, 3.05) is 7.11 Å². The van der Waals surface area contributed by atoms with Crippen LogP contribution in [0, 0.1) is 0 Å². The number of hydrogen-bond acceptors (Lipinski definition) is 3. The molecule has 3 nitrogen and oxygen atoms in total. The maximum atomic E-state index is 12.1. The highest BCUT2D eigenvalue weighted by Gasteiger charge is 2.18. The van der Waals surface area contributed by atoms with Gasteiger partial charge in [0.1, 0.15) is 0 Å². The number of halogens is 2. The lowest BCUT2D eigenvalue weighted by Gasteiger charge is -2.12. The predicted molar refractivity (Wildman–Crippen MR) is 74.4 cm³/mol. The summed E-state index contributed by atoms with van der Waals surface area (Å²) in [7, 11) is 0.0802. The van der Waals surface area contributed by atoms with Crippen LogP contribution in [0.4, 0.5) is 0 Å². The Kier molecular flexibility index (Phi) is 6.12. The van der Waals surface area contributed by atoms with Crippen LogP contribution in [0.25, 0.3) is 0 Å². The minimum atomic E-state index is -1.23. The zero-order chi connectivity index (χ0) is 13.7. The highest BCUT2D eigenvalue weighted by molar-refractivity contribution is 7.84. The predicted octanol–water partition coefficient (Wildman–Crippen LogP) is 3.19. The molecule has 0 fully saturated rings. The van der Waals surface area contributed by atoms with Gasteiger partial charge in [-0.25, -0.2) is 0 Å². The molecule has 0 N–H and O–H groups in total. The van der Waals surface area contributed by atoms with E-state index in [1.165, 1.54) is 7.11 Å². The second-order valence-corrected chi connectivity index (χ2v) is 6.49. The van der Waals surface area contributed by atoms with Gasteiger partial charge in [0.2, 0.25) is 0 Å². The summed E-state index contributed by atoms with van der Waals surface area (Å²) in [6, 6.07) is 5.13. The number of carbonyl (C=O) groups is 1. The first-order chi connectivity index (χ1) is 8.45. The van der Waals surface area contributed by atoms with Crippen molar-refractivity contribution in [1.29, 1.82) is 0 Å². The molecular weight excluding hydrogens is 295 g/mol. The van der Waals surface area contributed by atoms with Crippen LogP contribution in [0.2, 0.25) is 10.0 Å². The lowest BCUT2D eigenvalue weighted by molar-refractivity contribution is -0.140. The molecule has 0 spiro atoms. The molecule has 0 heterocycles. The second-order valence-electron chi connectivity index (χ2n) is 3.82. The van der Waals surface area contributed by atoms with Gasteiger partial charge in [-0.2, -0.15) is 0 Å². The maximum absolute atomic E-state index is 12.1. The van der Waals surface area contributed by atoms with Gasteiger partial charge in [0.15, 0.2) is 0 Å². The minimum Gasteiger partial charge on any atom is -0.469 e. The van der Waals surface area contributed by atoms with Gasteiger partial charge in [-0.15, -0.1) is 0 Å². The van der Waals surface area contributed by atoms with Crippen LogP contribution >= 0.6 is 23.2 Å². The Hall–Kier alpha value is -0.580. The summed E-state index contributed by atoms with van der Waals surface area (Å²) in [5, 5.41) is 0.673. The molecule has 0 amide bonds. The number of rotatable bonds is 5. The summed E-state index contributed by atoms with van der Waals surface area (Å²) < 4.78 is 16.6. The van der Waals surface area contributed by atoms with E-state index < -0.39 is 10.8 Å². The molecule has 0 saturated carbocycles. The minimum absolute atomic E-state index is 0.116. The molecule has 0 aliphatic rings. The number of esters is 1. The molecule has 18 heavy (non-hydrogen) atoms. The molecule has 2 unspecified atom stereocenters. The van der Waals surface area contributed by atoms with Crippen LogP contribution in [0.15, 0.2) is 18.2 Å². The fourth-order valence-corrected chi connectivity index (χ4v) is 3.26. The van der Waals surface area contributed by atoms with Gasteiger partial charge in [-0.05, 0) is 12.1 Å². The Morgan fingerprint density at radius 1 is 1.39 bits per heavy atom. The zero-order valence-corrected chi connectivity index (χ0v) is 12.4. The van der Waals surface area contributed by atoms with Gasteiger partial charge in [0.25, 0.3) is 0 Å². The van der Waals surface area contributed by atoms with Crippen molar-refractivity contribution < 1.29 is 13.7 Å². The number of methoxy groups -OCH3 is 1. The van der Waals surface area contributed by atoms with Crippen molar-refractivity contribution in [1.82, 2.24) is 0 Å². The third-order valence-electron chi connectivity index (χ3n) is 2.48.